The minimum atomic E-state index is -0.547. The first kappa shape index (κ1) is 15.1. The van der Waals surface area contributed by atoms with E-state index in [9.17, 15) is 9.90 Å². The summed E-state index contributed by atoms with van der Waals surface area (Å²) in [4.78, 5) is 11.9. The average Bonchev–Trinajstić information content (AvgIpc) is 2.67. The van der Waals surface area contributed by atoms with Crippen molar-refractivity contribution < 1.29 is 14.6 Å². The number of alkyl carbamates (subject to hydrolysis) is 1. The molecule has 1 amide bonds. The maximum atomic E-state index is 11.9. The molecule has 1 aliphatic carbocycles. The SMILES string of the molecule is CC(C)(C)OC(=O)N[C@@H]1c2cccc(Cl)c2C[C@H]1CO. The number of aliphatic hydroxyl groups excluding tert-OH is 1. The number of hydrogen-bond acceptors (Lipinski definition) is 3. The summed E-state index contributed by atoms with van der Waals surface area (Å²) in [5, 5.41) is 13.0. The molecule has 0 unspecified atom stereocenters. The van der Waals surface area contributed by atoms with E-state index in [4.69, 9.17) is 16.3 Å². The van der Waals surface area contributed by atoms with Gasteiger partial charge in [-0.25, -0.2) is 4.79 Å². The molecule has 1 aromatic rings. The van der Waals surface area contributed by atoms with Gasteiger partial charge >= 0.3 is 6.09 Å². The number of rotatable bonds is 2. The van der Waals surface area contributed by atoms with Crippen LogP contribution in [0.15, 0.2) is 18.2 Å². The number of amides is 1. The predicted molar refractivity (Wildman–Crippen MR) is 77.8 cm³/mol. The first-order chi connectivity index (χ1) is 9.31. The highest BCUT2D eigenvalue weighted by atomic mass is 35.5. The second-order valence-corrected chi connectivity index (χ2v) is 6.49. The van der Waals surface area contributed by atoms with Crippen LogP contribution in [0, 0.1) is 5.92 Å². The normalized spacial score (nSPS) is 21.4. The van der Waals surface area contributed by atoms with Gasteiger partial charge in [0.15, 0.2) is 0 Å². The molecule has 1 aromatic carbocycles. The fraction of sp³-hybridized carbons (Fsp3) is 0.533. The summed E-state index contributed by atoms with van der Waals surface area (Å²) in [5.41, 5.74) is 1.41. The Morgan fingerprint density at radius 1 is 1.50 bits per heavy atom. The molecule has 20 heavy (non-hydrogen) atoms. The molecule has 2 rings (SSSR count). The minimum absolute atomic E-state index is 0.00846. The Morgan fingerprint density at radius 3 is 2.80 bits per heavy atom. The van der Waals surface area contributed by atoms with Gasteiger partial charge in [0.05, 0.1) is 6.04 Å². The highest BCUT2D eigenvalue weighted by molar-refractivity contribution is 6.31. The average molecular weight is 298 g/mol. The summed E-state index contributed by atoms with van der Waals surface area (Å²) in [7, 11) is 0. The lowest BCUT2D eigenvalue weighted by Gasteiger charge is -2.24. The first-order valence-electron chi connectivity index (χ1n) is 6.69. The van der Waals surface area contributed by atoms with Gasteiger partial charge in [0, 0.05) is 17.5 Å². The van der Waals surface area contributed by atoms with Gasteiger partial charge in [-0.1, -0.05) is 23.7 Å². The molecule has 0 bridgehead atoms. The monoisotopic (exact) mass is 297 g/mol. The molecule has 1 aliphatic rings. The number of carbonyl (C=O) groups excluding carboxylic acids is 1. The van der Waals surface area contributed by atoms with Crippen LogP contribution in [-0.4, -0.2) is 23.4 Å². The third kappa shape index (κ3) is 3.25. The van der Waals surface area contributed by atoms with Crippen molar-refractivity contribution in [3.05, 3.63) is 34.3 Å². The van der Waals surface area contributed by atoms with E-state index in [-0.39, 0.29) is 18.6 Å². The molecule has 110 valence electrons. The molecular formula is C15H20ClNO3. The van der Waals surface area contributed by atoms with Crippen molar-refractivity contribution in [3.63, 3.8) is 0 Å². The van der Waals surface area contributed by atoms with Crippen LogP contribution in [0.3, 0.4) is 0 Å². The van der Waals surface area contributed by atoms with E-state index in [1.165, 1.54) is 0 Å². The minimum Gasteiger partial charge on any atom is -0.444 e. The summed E-state index contributed by atoms with van der Waals surface area (Å²) in [5.74, 6) is -0.0718. The third-order valence-corrected chi connectivity index (χ3v) is 3.69. The molecule has 0 spiro atoms. The second kappa shape index (κ2) is 5.62. The van der Waals surface area contributed by atoms with Crippen molar-refractivity contribution in [1.29, 1.82) is 0 Å². The number of aliphatic hydroxyl groups is 1. The van der Waals surface area contributed by atoms with Crippen molar-refractivity contribution in [2.24, 2.45) is 5.92 Å². The van der Waals surface area contributed by atoms with Crippen molar-refractivity contribution in [2.75, 3.05) is 6.61 Å². The molecule has 0 heterocycles. The van der Waals surface area contributed by atoms with Crippen LogP contribution >= 0.6 is 11.6 Å². The van der Waals surface area contributed by atoms with E-state index in [1.54, 1.807) is 0 Å². The van der Waals surface area contributed by atoms with Gasteiger partial charge in [-0.15, -0.1) is 0 Å². The zero-order chi connectivity index (χ0) is 14.9. The molecule has 0 radical (unpaired) electrons. The summed E-state index contributed by atoms with van der Waals surface area (Å²) in [6.07, 6.45) is 0.181. The molecule has 0 fully saturated rings. The summed E-state index contributed by atoms with van der Waals surface area (Å²) >= 11 is 6.17. The maximum Gasteiger partial charge on any atom is 0.408 e. The van der Waals surface area contributed by atoms with Gasteiger partial charge in [0.1, 0.15) is 5.60 Å². The van der Waals surface area contributed by atoms with Gasteiger partial charge < -0.3 is 15.2 Å². The van der Waals surface area contributed by atoms with Crippen molar-refractivity contribution in [1.82, 2.24) is 5.32 Å². The third-order valence-electron chi connectivity index (χ3n) is 3.33. The molecule has 0 aromatic heterocycles. The second-order valence-electron chi connectivity index (χ2n) is 6.08. The standard InChI is InChI=1S/C15H20ClNO3/c1-15(2,3)20-14(19)17-13-9(8-18)7-11-10(13)5-4-6-12(11)16/h4-6,9,13,18H,7-8H2,1-3H3,(H,17,19)/t9-,13-/m0/s1. The molecule has 0 aliphatic heterocycles. The topological polar surface area (TPSA) is 58.6 Å². The van der Waals surface area contributed by atoms with Gasteiger partial charge in [-0.3, -0.25) is 0 Å². The smallest absolute Gasteiger partial charge is 0.408 e. The number of benzene rings is 1. The number of ether oxygens (including phenoxy) is 1. The molecule has 0 saturated carbocycles. The van der Waals surface area contributed by atoms with Gasteiger partial charge in [-0.05, 0) is 44.4 Å². The van der Waals surface area contributed by atoms with Crippen molar-refractivity contribution in [3.8, 4) is 0 Å². The Kier molecular flexibility index (Phi) is 4.25. The molecule has 2 atom stereocenters. The van der Waals surface area contributed by atoms with E-state index >= 15 is 0 Å². The first-order valence-corrected chi connectivity index (χ1v) is 7.07. The van der Waals surface area contributed by atoms with Crippen LogP contribution in [0.1, 0.15) is 37.9 Å². The van der Waals surface area contributed by atoms with E-state index in [1.807, 2.05) is 39.0 Å². The fourth-order valence-corrected chi connectivity index (χ4v) is 2.78. The number of nitrogens with one attached hydrogen (secondary N) is 1. The van der Waals surface area contributed by atoms with Crippen molar-refractivity contribution >= 4 is 17.7 Å². The van der Waals surface area contributed by atoms with E-state index in [0.29, 0.717) is 11.4 Å². The number of fused-ring (bicyclic) bond motifs is 1. The van der Waals surface area contributed by atoms with Crippen LogP contribution in [-0.2, 0) is 11.2 Å². The van der Waals surface area contributed by atoms with E-state index in [2.05, 4.69) is 5.32 Å². The Bertz CT molecular complexity index is 510. The Labute approximate surface area is 124 Å². The van der Waals surface area contributed by atoms with Crippen LogP contribution in [0.2, 0.25) is 5.02 Å². The summed E-state index contributed by atoms with van der Waals surface area (Å²) in [6.45, 7) is 5.44. The largest absolute Gasteiger partial charge is 0.444 e. The Balaban J connectivity index is 2.19. The van der Waals surface area contributed by atoms with Gasteiger partial charge in [0.25, 0.3) is 0 Å². The van der Waals surface area contributed by atoms with E-state index in [0.717, 1.165) is 11.1 Å². The molecule has 5 heteroatoms. The Hall–Kier alpha value is -1.26. The lowest BCUT2D eigenvalue weighted by molar-refractivity contribution is 0.0477. The van der Waals surface area contributed by atoms with Gasteiger partial charge in [0.2, 0.25) is 0 Å². The zero-order valence-electron chi connectivity index (χ0n) is 11.9. The number of carbonyl (C=O) groups is 1. The zero-order valence-corrected chi connectivity index (χ0v) is 12.7. The molecule has 2 N–H and O–H groups in total. The van der Waals surface area contributed by atoms with Crippen molar-refractivity contribution in [2.45, 2.75) is 38.8 Å². The summed E-state index contributed by atoms with van der Waals surface area (Å²) in [6, 6.07) is 5.34. The lowest BCUT2D eigenvalue weighted by Crippen LogP contribution is -2.37. The lowest BCUT2D eigenvalue weighted by atomic mass is 10.0. The van der Waals surface area contributed by atoms with Crippen LogP contribution in [0.25, 0.3) is 0 Å². The fourth-order valence-electron chi connectivity index (χ4n) is 2.52. The Morgan fingerprint density at radius 2 is 2.20 bits per heavy atom. The summed E-state index contributed by atoms with van der Waals surface area (Å²) < 4.78 is 5.27. The van der Waals surface area contributed by atoms with Gasteiger partial charge in [-0.2, -0.15) is 0 Å². The number of hydrogen-bond donors (Lipinski definition) is 2. The quantitative estimate of drug-likeness (QED) is 0.882. The molecular weight excluding hydrogens is 278 g/mol. The highest BCUT2D eigenvalue weighted by Gasteiger charge is 2.35. The molecule has 0 saturated heterocycles. The maximum absolute atomic E-state index is 11.9. The predicted octanol–water partition coefficient (Wildman–Crippen LogP) is 3.07. The molecule has 4 nitrogen and oxygen atoms in total. The van der Waals surface area contributed by atoms with Crippen LogP contribution < -0.4 is 5.32 Å². The van der Waals surface area contributed by atoms with Crippen LogP contribution in [0.5, 0.6) is 0 Å². The highest BCUT2D eigenvalue weighted by Crippen LogP contribution is 2.39. The van der Waals surface area contributed by atoms with E-state index < -0.39 is 11.7 Å². The van der Waals surface area contributed by atoms with Crippen LogP contribution in [0.4, 0.5) is 4.79 Å². The number of halogens is 1.